The molecule has 2 heteroatoms. The van der Waals surface area contributed by atoms with Gasteiger partial charge in [0.25, 0.3) is 0 Å². The van der Waals surface area contributed by atoms with E-state index >= 15 is 0 Å². The topological polar surface area (TPSA) is 44.0 Å². The van der Waals surface area contributed by atoms with E-state index in [0.29, 0.717) is 11.8 Å². The molecule has 2 nitrogen and oxygen atoms in total. The molecule has 0 radical (unpaired) electrons. The molecule has 0 aromatic heterocycles. The summed E-state index contributed by atoms with van der Waals surface area (Å²) in [6.07, 6.45) is 3.01. The average molecular weight is 151 g/mol. The standard InChI is InChI=1S/C9H13NO/c1-6-2-7-3-8(6)9(11,4-7)5-10/h6-8,11H,2-4H2,1H3. The number of rotatable bonds is 0. The number of nitriles is 1. The summed E-state index contributed by atoms with van der Waals surface area (Å²) in [6, 6.07) is 2.06. The van der Waals surface area contributed by atoms with Crippen LogP contribution in [0.3, 0.4) is 0 Å². The average Bonchev–Trinajstić information content (AvgIpc) is 2.44. The maximum atomic E-state index is 9.80. The molecule has 2 rings (SSSR count). The molecule has 4 unspecified atom stereocenters. The van der Waals surface area contributed by atoms with Crippen LogP contribution in [0.25, 0.3) is 0 Å². The van der Waals surface area contributed by atoms with Crippen molar-refractivity contribution in [3.63, 3.8) is 0 Å². The van der Waals surface area contributed by atoms with Crippen molar-refractivity contribution in [2.24, 2.45) is 17.8 Å². The highest BCUT2D eigenvalue weighted by atomic mass is 16.3. The van der Waals surface area contributed by atoms with Gasteiger partial charge >= 0.3 is 0 Å². The van der Waals surface area contributed by atoms with Gasteiger partial charge in [-0.15, -0.1) is 0 Å². The van der Waals surface area contributed by atoms with Gasteiger partial charge in [-0.1, -0.05) is 6.92 Å². The van der Waals surface area contributed by atoms with E-state index in [-0.39, 0.29) is 5.92 Å². The van der Waals surface area contributed by atoms with E-state index in [4.69, 9.17) is 5.26 Å². The summed E-state index contributed by atoms with van der Waals surface area (Å²) in [4.78, 5) is 0. The highest BCUT2D eigenvalue weighted by Gasteiger charge is 2.53. The molecular formula is C9H13NO. The Morgan fingerprint density at radius 1 is 1.55 bits per heavy atom. The monoisotopic (exact) mass is 151 g/mol. The first-order chi connectivity index (χ1) is 5.15. The van der Waals surface area contributed by atoms with E-state index in [0.717, 1.165) is 12.8 Å². The number of hydrogen-bond donors (Lipinski definition) is 1. The largest absolute Gasteiger partial charge is 0.375 e. The molecule has 11 heavy (non-hydrogen) atoms. The molecule has 0 saturated heterocycles. The van der Waals surface area contributed by atoms with Gasteiger partial charge in [-0.3, -0.25) is 0 Å². The fourth-order valence-electron chi connectivity index (χ4n) is 2.93. The van der Waals surface area contributed by atoms with Crippen LogP contribution in [0.4, 0.5) is 0 Å². The summed E-state index contributed by atoms with van der Waals surface area (Å²) in [5, 5.41) is 18.6. The predicted molar refractivity (Wildman–Crippen MR) is 40.6 cm³/mol. The molecule has 2 bridgehead atoms. The van der Waals surface area contributed by atoms with E-state index in [1.54, 1.807) is 0 Å². The van der Waals surface area contributed by atoms with E-state index in [1.165, 1.54) is 6.42 Å². The van der Waals surface area contributed by atoms with Crippen molar-refractivity contribution in [1.29, 1.82) is 5.26 Å². The highest BCUT2D eigenvalue weighted by molar-refractivity contribution is 5.14. The van der Waals surface area contributed by atoms with Crippen LogP contribution in [0, 0.1) is 29.1 Å². The summed E-state index contributed by atoms with van der Waals surface area (Å²) in [7, 11) is 0. The van der Waals surface area contributed by atoms with Crippen LogP contribution in [0.15, 0.2) is 0 Å². The van der Waals surface area contributed by atoms with Crippen LogP contribution in [0.2, 0.25) is 0 Å². The molecule has 60 valence electrons. The highest BCUT2D eigenvalue weighted by Crippen LogP contribution is 2.53. The fourth-order valence-corrected chi connectivity index (χ4v) is 2.93. The lowest BCUT2D eigenvalue weighted by Crippen LogP contribution is -2.36. The number of hydrogen-bond acceptors (Lipinski definition) is 2. The lowest BCUT2D eigenvalue weighted by molar-refractivity contribution is 0.0193. The van der Waals surface area contributed by atoms with Crippen molar-refractivity contribution in [3.8, 4) is 6.07 Å². The molecule has 2 fully saturated rings. The van der Waals surface area contributed by atoms with Crippen molar-refractivity contribution < 1.29 is 5.11 Å². The summed E-state index contributed by atoms with van der Waals surface area (Å²) in [6.45, 7) is 2.14. The Bertz CT molecular complexity index is 220. The Balaban J connectivity index is 2.26. The van der Waals surface area contributed by atoms with Crippen molar-refractivity contribution in [2.75, 3.05) is 0 Å². The predicted octanol–water partition coefficient (Wildman–Crippen LogP) is 1.31. The summed E-state index contributed by atoms with van der Waals surface area (Å²) >= 11 is 0. The second-order valence-electron chi connectivity index (χ2n) is 4.16. The molecule has 0 heterocycles. The minimum atomic E-state index is -0.970. The van der Waals surface area contributed by atoms with Gasteiger partial charge < -0.3 is 5.11 Å². The van der Waals surface area contributed by atoms with Crippen LogP contribution in [-0.2, 0) is 0 Å². The van der Waals surface area contributed by atoms with Gasteiger partial charge in [0, 0.05) is 5.92 Å². The van der Waals surface area contributed by atoms with Gasteiger partial charge in [0.05, 0.1) is 6.07 Å². The Labute approximate surface area is 66.8 Å². The second-order valence-corrected chi connectivity index (χ2v) is 4.16. The van der Waals surface area contributed by atoms with Crippen molar-refractivity contribution in [3.05, 3.63) is 0 Å². The molecule has 2 aliphatic rings. The van der Waals surface area contributed by atoms with Crippen LogP contribution in [-0.4, -0.2) is 10.7 Å². The van der Waals surface area contributed by atoms with Crippen molar-refractivity contribution in [2.45, 2.75) is 31.8 Å². The van der Waals surface area contributed by atoms with Crippen molar-refractivity contribution >= 4 is 0 Å². The van der Waals surface area contributed by atoms with Crippen molar-refractivity contribution in [1.82, 2.24) is 0 Å². The van der Waals surface area contributed by atoms with Crippen LogP contribution < -0.4 is 0 Å². The van der Waals surface area contributed by atoms with Gasteiger partial charge in [-0.25, -0.2) is 0 Å². The lowest BCUT2D eigenvalue weighted by atomic mass is 9.79. The van der Waals surface area contributed by atoms with Gasteiger partial charge in [0.2, 0.25) is 0 Å². The Morgan fingerprint density at radius 2 is 2.27 bits per heavy atom. The number of nitrogens with zero attached hydrogens (tertiary/aromatic N) is 1. The first kappa shape index (κ1) is 7.12. The van der Waals surface area contributed by atoms with Gasteiger partial charge in [-0.05, 0) is 31.1 Å². The van der Waals surface area contributed by atoms with E-state index in [1.807, 2.05) is 0 Å². The third-order valence-corrected chi connectivity index (χ3v) is 3.39. The van der Waals surface area contributed by atoms with Gasteiger partial charge in [-0.2, -0.15) is 5.26 Å². The quantitative estimate of drug-likeness (QED) is 0.530. The zero-order chi connectivity index (χ0) is 8.06. The smallest absolute Gasteiger partial charge is 0.154 e. The third kappa shape index (κ3) is 0.810. The summed E-state index contributed by atoms with van der Waals surface area (Å²) in [5.74, 6) is 1.44. The minimum Gasteiger partial charge on any atom is -0.375 e. The van der Waals surface area contributed by atoms with Gasteiger partial charge in [0.15, 0.2) is 5.60 Å². The molecule has 0 amide bonds. The maximum Gasteiger partial charge on any atom is 0.154 e. The van der Waals surface area contributed by atoms with E-state index in [2.05, 4.69) is 13.0 Å². The summed E-state index contributed by atoms with van der Waals surface area (Å²) < 4.78 is 0. The molecule has 4 atom stereocenters. The minimum absolute atomic E-state index is 0.262. The zero-order valence-corrected chi connectivity index (χ0v) is 6.75. The normalized spacial score (nSPS) is 54.5. The first-order valence-electron chi connectivity index (χ1n) is 4.29. The van der Waals surface area contributed by atoms with Crippen LogP contribution in [0.1, 0.15) is 26.2 Å². The number of aliphatic hydroxyl groups is 1. The lowest BCUT2D eigenvalue weighted by Gasteiger charge is -2.29. The first-order valence-corrected chi connectivity index (χ1v) is 4.29. The zero-order valence-electron chi connectivity index (χ0n) is 6.75. The van der Waals surface area contributed by atoms with Crippen LogP contribution >= 0.6 is 0 Å². The number of fused-ring (bicyclic) bond motifs is 2. The maximum absolute atomic E-state index is 9.80. The molecule has 0 aromatic carbocycles. The molecule has 2 aliphatic carbocycles. The Hall–Kier alpha value is -0.550. The summed E-state index contributed by atoms with van der Waals surface area (Å²) in [5.41, 5.74) is -0.970. The molecule has 1 N–H and O–H groups in total. The SMILES string of the molecule is CC1CC2CC1C(O)(C#N)C2. The molecule has 0 spiro atoms. The van der Waals surface area contributed by atoms with E-state index < -0.39 is 5.60 Å². The molecule has 0 aliphatic heterocycles. The second kappa shape index (κ2) is 1.98. The Kier molecular flexibility index (Phi) is 1.28. The van der Waals surface area contributed by atoms with Crippen LogP contribution in [0.5, 0.6) is 0 Å². The van der Waals surface area contributed by atoms with E-state index in [9.17, 15) is 5.11 Å². The molecule has 0 aromatic rings. The fraction of sp³-hybridized carbons (Fsp3) is 0.889. The van der Waals surface area contributed by atoms with Gasteiger partial charge in [0.1, 0.15) is 0 Å². The Morgan fingerprint density at radius 3 is 2.64 bits per heavy atom. The molecule has 2 saturated carbocycles. The third-order valence-electron chi connectivity index (χ3n) is 3.39. The molecular weight excluding hydrogens is 138 g/mol.